The minimum atomic E-state index is -1.12. The Kier molecular flexibility index (Phi) is 7.17. The Morgan fingerprint density at radius 2 is 1.82 bits per heavy atom. The Labute approximate surface area is 231 Å². The monoisotopic (exact) mass is 542 g/mol. The van der Waals surface area contributed by atoms with Crippen LogP contribution in [0.3, 0.4) is 0 Å². The summed E-state index contributed by atoms with van der Waals surface area (Å²) in [4.78, 5) is 53.4. The van der Waals surface area contributed by atoms with Gasteiger partial charge in [-0.1, -0.05) is 42.0 Å². The highest BCUT2D eigenvalue weighted by molar-refractivity contribution is 5.98. The molecule has 5 rings (SSSR count). The smallest absolute Gasteiger partial charge is 0.412 e. The van der Waals surface area contributed by atoms with Crippen molar-refractivity contribution in [2.45, 2.75) is 31.4 Å². The molecule has 0 unspecified atom stereocenters. The molecule has 3 aromatic rings. The van der Waals surface area contributed by atoms with Crippen LogP contribution in [0.25, 0.3) is 0 Å². The fourth-order valence-corrected chi connectivity index (χ4v) is 5.24. The molecule has 0 aliphatic carbocycles. The molecule has 3 N–H and O–H groups in total. The number of fused-ring (bicyclic) bond motifs is 2. The van der Waals surface area contributed by atoms with Crippen LogP contribution in [0, 0.1) is 6.92 Å². The number of carbonyl (C=O) groups excluding carboxylic acids is 3. The molecule has 10 nitrogen and oxygen atoms in total. The fourth-order valence-electron chi connectivity index (χ4n) is 5.24. The molecule has 10 heteroatoms. The molecule has 3 aromatic carbocycles. The van der Waals surface area contributed by atoms with E-state index in [0.29, 0.717) is 29.9 Å². The number of anilines is 2. The van der Waals surface area contributed by atoms with E-state index in [1.807, 2.05) is 55.5 Å². The van der Waals surface area contributed by atoms with Crippen molar-refractivity contribution in [3.05, 3.63) is 95.1 Å². The largest absolute Gasteiger partial charge is 0.465 e. The van der Waals surface area contributed by atoms with Crippen LogP contribution in [0.5, 0.6) is 0 Å². The second kappa shape index (κ2) is 10.7. The lowest BCUT2D eigenvalue weighted by molar-refractivity contribution is -0.133. The number of carboxylic acid groups (broad SMARTS) is 1. The number of rotatable bonds is 6. The van der Waals surface area contributed by atoms with Gasteiger partial charge in [-0.2, -0.15) is 0 Å². The molecular weight excluding hydrogens is 512 g/mol. The van der Waals surface area contributed by atoms with Gasteiger partial charge in [0.15, 0.2) is 5.60 Å². The third-order valence-electron chi connectivity index (χ3n) is 7.42. The Bertz CT molecular complexity index is 1460. The van der Waals surface area contributed by atoms with Gasteiger partial charge in [0.1, 0.15) is 6.04 Å². The van der Waals surface area contributed by atoms with Crippen LogP contribution in [-0.4, -0.2) is 60.2 Å². The highest BCUT2D eigenvalue weighted by Crippen LogP contribution is 2.43. The van der Waals surface area contributed by atoms with Crippen molar-refractivity contribution in [2.24, 2.45) is 0 Å². The number of ether oxygens (including phenoxy) is 1. The Balaban J connectivity index is 1.38. The zero-order valence-electron chi connectivity index (χ0n) is 22.2. The maximum atomic E-state index is 13.9. The third-order valence-corrected chi connectivity index (χ3v) is 7.42. The van der Waals surface area contributed by atoms with Gasteiger partial charge >= 0.3 is 12.2 Å². The fraction of sp³-hybridized carbons (Fsp3) is 0.267. The van der Waals surface area contributed by atoms with Crippen LogP contribution in [0.4, 0.5) is 21.0 Å². The molecule has 0 radical (unpaired) electrons. The minimum Gasteiger partial charge on any atom is -0.465 e. The van der Waals surface area contributed by atoms with Crippen LogP contribution in [0.15, 0.2) is 72.8 Å². The predicted octanol–water partition coefficient (Wildman–Crippen LogP) is 4.14. The second-order valence-corrected chi connectivity index (χ2v) is 10.2. The first-order chi connectivity index (χ1) is 19.1. The van der Waals surface area contributed by atoms with Crippen LogP contribution < -0.4 is 15.5 Å². The van der Waals surface area contributed by atoms with Gasteiger partial charge in [-0.15, -0.1) is 0 Å². The number of nitrogens with one attached hydrogen (secondary N) is 2. The number of hydrogen-bond donors (Lipinski definition) is 3. The van der Waals surface area contributed by atoms with Gasteiger partial charge in [0.05, 0.1) is 12.2 Å². The number of likely N-dealkylation sites (tertiary alicyclic amines) is 1. The highest BCUT2D eigenvalue weighted by atomic mass is 16.6. The van der Waals surface area contributed by atoms with E-state index >= 15 is 0 Å². The first-order valence-electron chi connectivity index (χ1n) is 13.0. The molecule has 1 spiro atoms. The van der Waals surface area contributed by atoms with Crippen LogP contribution >= 0.6 is 0 Å². The molecule has 40 heavy (non-hydrogen) atoms. The molecule has 4 amide bonds. The van der Waals surface area contributed by atoms with Crippen molar-refractivity contribution in [3.63, 3.8) is 0 Å². The molecular formula is C30H30N4O6. The summed E-state index contributed by atoms with van der Waals surface area (Å²) in [6.45, 7) is 2.49. The zero-order valence-corrected chi connectivity index (χ0v) is 22.2. The van der Waals surface area contributed by atoms with E-state index in [-0.39, 0.29) is 18.9 Å². The molecule has 2 heterocycles. The SMILES string of the molecule is Cc1ccc2c(c1)[C@@]1(CCN(C(=O)[C@H](Cc3ccccc3)NC(=O)c3ccc(N(C)C(=O)O)cc3)C1)OC(=O)N2. The van der Waals surface area contributed by atoms with Gasteiger partial charge in [-0.05, 0) is 48.9 Å². The van der Waals surface area contributed by atoms with Crippen LogP contribution in [0.1, 0.15) is 33.5 Å². The van der Waals surface area contributed by atoms with Gasteiger partial charge in [0.25, 0.3) is 5.91 Å². The van der Waals surface area contributed by atoms with Gasteiger partial charge < -0.3 is 20.1 Å². The molecule has 1 saturated heterocycles. The summed E-state index contributed by atoms with van der Waals surface area (Å²) in [5, 5.41) is 14.8. The van der Waals surface area contributed by atoms with E-state index < -0.39 is 29.7 Å². The van der Waals surface area contributed by atoms with Gasteiger partial charge in [0, 0.05) is 43.2 Å². The summed E-state index contributed by atoms with van der Waals surface area (Å²) in [6, 6.07) is 20.4. The Morgan fingerprint density at radius 3 is 2.52 bits per heavy atom. The summed E-state index contributed by atoms with van der Waals surface area (Å²) in [7, 11) is 1.41. The third kappa shape index (κ3) is 5.33. The van der Waals surface area contributed by atoms with Gasteiger partial charge in [-0.3, -0.25) is 19.8 Å². The Hall–Kier alpha value is -4.86. The lowest BCUT2D eigenvalue weighted by Gasteiger charge is -2.36. The quantitative estimate of drug-likeness (QED) is 0.430. The van der Waals surface area contributed by atoms with E-state index in [1.165, 1.54) is 31.3 Å². The van der Waals surface area contributed by atoms with Crippen molar-refractivity contribution in [2.75, 3.05) is 30.4 Å². The van der Waals surface area contributed by atoms with Crippen molar-refractivity contribution in [3.8, 4) is 0 Å². The predicted molar refractivity (Wildman–Crippen MR) is 148 cm³/mol. The maximum Gasteiger partial charge on any atom is 0.412 e. The van der Waals surface area contributed by atoms with E-state index in [2.05, 4.69) is 10.6 Å². The summed E-state index contributed by atoms with van der Waals surface area (Å²) in [5.41, 5.74) is 3.13. The van der Waals surface area contributed by atoms with E-state index in [4.69, 9.17) is 4.74 Å². The molecule has 2 aliphatic heterocycles. The first kappa shape index (κ1) is 26.7. The summed E-state index contributed by atoms with van der Waals surface area (Å²) in [6.07, 6.45) is -0.970. The standard InChI is InChI=1S/C30H30N4O6/c1-19-8-13-24-23(16-19)30(40-28(37)32-24)14-15-34(18-30)27(36)25(17-20-6-4-3-5-7-20)31-26(35)21-9-11-22(12-10-21)33(2)29(38)39/h3-13,16,25H,14-15,17-18H2,1-2H3,(H,31,35)(H,32,37)(H,38,39)/t25-,30-/m0/s1. The van der Waals surface area contributed by atoms with Crippen molar-refractivity contribution in [1.82, 2.24) is 10.2 Å². The number of hydrogen-bond acceptors (Lipinski definition) is 5. The van der Waals surface area contributed by atoms with Crippen LogP contribution in [-0.2, 0) is 21.6 Å². The average Bonchev–Trinajstić information content (AvgIpc) is 3.37. The Morgan fingerprint density at radius 1 is 1.10 bits per heavy atom. The number of aryl methyl sites for hydroxylation is 1. The molecule has 2 aliphatic rings. The first-order valence-corrected chi connectivity index (χ1v) is 13.0. The zero-order chi connectivity index (χ0) is 28.4. The lowest BCUT2D eigenvalue weighted by Crippen LogP contribution is -2.50. The average molecular weight is 543 g/mol. The molecule has 206 valence electrons. The molecule has 0 aromatic heterocycles. The normalized spacial score (nSPS) is 18.4. The second-order valence-electron chi connectivity index (χ2n) is 10.2. The number of benzene rings is 3. The van der Waals surface area contributed by atoms with Gasteiger partial charge in [-0.25, -0.2) is 9.59 Å². The topological polar surface area (TPSA) is 128 Å². The van der Waals surface area contributed by atoms with Crippen molar-refractivity contribution in [1.29, 1.82) is 0 Å². The summed E-state index contributed by atoms with van der Waals surface area (Å²) >= 11 is 0. The van der Waals surface area contributed by atoms with Crippen LogP contribution in [0.2, 0.25) is 0 Å². The van der Waals surface area contributed by atoms with E-state index in [9.17, 15) is 24.3 Å². The number of nitrogens with zero attached hydrogens (tertiary/aromatic N) is 2. The highest BCUT2D eigenvalue weighted by Gasteiger charge is 2.49. The van der Waals surface area contributed by atoms with E-state index in [1.54, 1.807) is 4.90 Å². The van der Waals surface area contributed by atoms with E-state index in [0.717, 1.165) is 21.6 Å². The molecule has 0 saturated carbocycles. The summed E-state index contributed by atoms with van der Waals surface area (Å²) in [5.74, 6) is -0.734. The lowest BCUT2D eigenvalue weighted by atomic mass is 9.89. The molecule has 2 atom stereocenters. The maximum absolute atomic E-state index is 13.9. The molecule has 1 fully saturated rings. The minimum absolute atomic E-state index is 0.174. The number of carbonyl (C=O) groups is 4. The summed E-state index contributed by atoms with van der Waals surface area (Å²) < 4.78 is 5.82. The van der Waals surface area contributed by atoms with Gasteiger partial charge in [0.2, 0.25) is 5.91 Å². The van der Waals surface area contributed by atoms with Crippen molar-refractivity contribution >= 4 is 35.4 Å². The number of amides is 4. The molecule has 0 bridgehead atoms. The van der Waals surface area contributed by atoms with Crippen molar-refractivity contribution < 1.29 is 29.0 Å².